The predicted octanol–water partition coefficient (Wildman–Crippen LogP) is 5.47. The molecule has 2 N–H and O–H groups in total. The molecule has 146 valence electrons. The highest BCUT2D eigenvalue weighted by Gasteiger charge is 2.33. The molecule has 10 heteroatoms. The summed E-state index contributed by atoms with van der Waals surface area (Å²) in [4.78, 5) is 12.2. The average Bonchev–Trinajstić information content (AvgIpc) is 2.66. The largest absolute Gasteiger partial charge is 0.433 e. The Morgan fingerprint density at radius 1 is 1.11 bits per heavy atom. The van der Waals surface area contributed by atoms with Gasteiger partial charge in [-0.2, -0.15) is 13.2 Å². The lowest BCUT2D eigenvalue weighted by Crippen LogP contribution is -2.10. The first-order chi connectivity index (χ1) is 13.3. The number of pyridine rings is 1. The number of rotatable bonds is 5. The molecule has 3 aromatic rings. The van der Waals surface area contributed by atoms with Crippen molar-refractivity contribution < 1.29 is 13.2 Å². The van der Waals surface area contributed by atoms with E-state index in [-0.39, 0.29) is 10.2 Å². The van der Waals surface area contributed by atoms with Crippen LogP contribution >= 0.6 is 34.2 Å². The highest BCUT2D eigenvalue weighted by Crippen LogP contribution is 2.30. The molecule has 0 spiro atoms. The molecule has 2 aromatic heterocycles. The van der Waals surface area contributed by atoms with Crippen molar-refractivity contribution in [3.8, 4) is 11.4 Å². The average molecular weight is 520 g/mol. The Morgan fingerprint density at radius 2 is 1.82 bits per heavy atom. The molecule has 0 unspecified atom stereocenters. The maximum atomic E-state index is 12.9. The zero-order chi connectivity index (χ0) is 20.3. The molecule has 0 bridgehead atoms. The first-order valence-corrected chi connectivity index (χ1v) is 9.49. The van der Waals surface area contributed by atoms with Crippen LogP contribution in [0.15, 0.2) is 42.7 Å². The van der Waals surface area contributed by atoms with Crippen molar-refractivity contribution in [2.75, 3.05) is 17.7 Å². The van der Waals surface area contributed by atoms with Crippen LogP contribution in [0.3, 0.4) is 0 Å². The monoisotopic (exact) mass is 519 g/mol. The van der Waals surface area contributed by atoms with Gasteiger partial charge in [-0.3, -0.25) is 0 Å². The van der Waals surface area contributed by atoms with E-state index >= 15 is 0 Å². The van der Waals surface area contributed by atoms with E-state index in [1.54, 1.807) is 48.1 Å². The summed E-state index contributed by atoms with van der Waals surface area (Å²) >= 11 is 7.83. The van der Waals surface area contributed by atoms with Crippen LogP contribution in [0.2, 0.25) is 5.02 Å². The standard InChI is InChI=1S/C18H14ClF3IN5/c1-24-14-4-11(2-3-13(14)19)17-26-8-10(9-27-17)7-25-12-5-15(18(20,21)22)28-16(23)6-12/h2-6,8-9,24H,7H2,1H3,(H,25,28). The first kappa shape index (κ1) is 20.6. The quantitative estimate of drug-likeness (QED) is 0.346. The summed E-state index contributed by atoms with van der Waals surface area (Å²) in [5, 5.41) is 6.53. The van der Waals surface area contributed by atoms with Crippen LogP contribution in [0.1, 0.15) is 11.3 Å². The second kappa shape index (κ2) is 8.48. The normalized spacial score (nSPS) is 11.4. The fraction of sp³-hybridized carbons (Fsp3) is 0.167. The van der Waals surface area contributed by atoms with Gasteiger partial charge >= 0.3 is 6.18 Å². The SMILES string of the molecule is CNc1cc(-c2ncc(CNc3cc(I)nc(C(F)(F)F)c3)cn2)ccc1Cl. The molecule has 0 amide bonds. The molecule has 0 atom stereocenters. The number of aromatic nitrogens is 3. The molecule has 0 saturated heterocycles. The molecule has 0 aliphatic heterocycles. The fourth-order valence-corrected chi connectivity index (χ4v) is 3.21. The van der Waals surface area contributed by atoms with Crippen molar-refractivity contribution in [2.24, 2.45) is 0 Å². The molecule has 28 heavy (non-hydrogen) atoms. The number of alkyl halides is 3. The van der Waals surface area contributed by atoms with Gasteiger partial charge in [-0.05, 0) is 52.9 Å². The van der Waals surface area contributed by atoms with Crippen molar-refractivity contribution in [3.05, 3.63) is 62.7 Å². The lowest BCUT2D eigenvalue weighted by atomic mass is 10.2. The van der Waals surface area contributed by atoms with Gasteiger partial charge in [0.05, 0.1) is 10.7 Å². The zero-order valence-corrected chi connectivity index (χ0v) is 17.4. The number of benzene rings is 1. The van der Waals surface area contributed by atoms with Crippen LogP contribution in [-0.2, 0) is 12.7 Å². The van der Waals surface area contributed by atoms with E-state index in [9.17, 15) is 13.2 Å². The van der Waals surface area contributed by atoms with E-state index < -0.39 is 11.9 Å². The van der Waals surface area contributed by atoms with Gasteiger partial charge in [-0.1, -0.05) is 11.6 Å². The number of nitrogens with zero attached hydrogens (tertiary/aromatic N) is 3. The van der Waals surface area contributed by atoms with Gasteiger partial charge in [0, 0.05) is 42.8 Å². The van der Waals surface area contributed by atoms with Crippen molar-refractivity contribution in [1.29, 1.82) is 0 Å². The third-order valence-corrected chi connectivity index (χ3v) is 4.66. The zero-order valence-electron chi connectivity index (χ0n) is 14.5. The smallest absolute Gasteiger partial charge is 0.387 e. The number of hydrogen-bond donors (Lipinski definition) is 2. The van der Waals surface area contributed by atoms with Gasteiger partial charge in [0.25, 0.3) is 0 Å². The Labute approximate surface area is 177 Å². The van der Waals surface area contributed by atoms with Crippen LogP contribution < -0.4 is 10.6 Å². The molecule has 0 aliphatic carbocycles. The predicted molar refractivity (Wildman–Crippen MR) is 111 cm³/mol. The van der Waals surface area contributed by atoms with Gasteiger partial charge < -0.3 is 10.6 Å². The molecular formula is C18H14ClF3IN5. The van der Waals surface area contributed by atoms with E-state index in [2.05, 4.69) is 25.6 Å². The van der Waals surface area contributed by atoms with Gasteiger partial charge in [0.1, 0.15) is 9.39 Å². The highest BCUT2D eigenvalue weighted by atomic mass is 127. The van der Waals surface area contributed by atoms with E-state index in [0.29, 0.717) is 16.5 Å². The number of hydrogen-bond acceptors (Lipinski definition) is 5. The Bertz CT molecular complexity index is 980. The van der Waals surface area contributed by atoms with Gasteiger partial charge in [-0.15, -0.1) is 0 Å². The molecule has 5 nitrogen and oxygen atoms in total. The highest BCUT2D eigenvalue weighted by molar-refractivity contribution is 14.1. The summed E-state index contributed by atoms with van der Waals surface area (Å²) in [5.74, 6) is 0.523. The third kappa shape index (κ3) is 5.02. The van der Waals surface area contributed by atoms with Crippen molar-refractivity contribution >= 4 is 45.6 Å². The maximum Gasteiger partial charge on any atom is 0.433 e. The topological polar surface area (TPSA) is 62.7 Å². The Balaban J connectivity index is 1.73. The molecule has 2 heterocycles. The number of nitrogens with one attached hydrogen (secondary N) is 2. The second-order valence-corrected chi connectivity index (χ2v) is 7.29. The van der Waals surface area contributed by atoms with E-state index in [0.717, 1.165) is 22.9 Å². The van der Waals surface area contributed by atoms with E-state index in [1.165, 1.54) is 6.07 Å². The van der Waals surface area contributed by atoms with Crippen molar-refractivity contribution in [3.63, 3.8) is 0 Å². The summed E-state index contributed by atoms with van der Waals surface area (Å²) in [6.07, 6.45) is -1.24. The minimum atomic E-state index is -4.49. The van der Waals surface area contributed by atoms with E-state index in [1.807, 2.05) is 12.1 Å². The first-order valence-electron chi connectivity index (χ1n) is 8.03. The molecule has 0 fully saturated rings. The van der Waals surface area contributed by atoms with Gasteiger partial charge in [0.15, 0.2) is 5.82 Å². The molecular weight excluding hydrogens is 506 g/mol. The molecule has 0 saturated carbocycles. The molecule has 0 radical (unpaired) electrons. The summed E-state index contributed by atoms with van der Waals surface area (Å²) in [6, 6.07) is 7.92. The fourth-order valence-electron chi connectivity index (χ4n) is 2.40. The number of anilines is 2. The molecule has 1 aromatic carbocycles. The third-order valence-electron chi connectivity index (χ3n) is 3.78. The summed E-state index contributed by atoms with van der Waals surface area (Å²) in [6.45, 7) is 0.278. The van der Waals surface area contributed by atoms with Crippen LogP contribution in [0.4, 0.5) is 24.5 Å². The molecule has 3 rings (SSSR count). The molecule has 0 aliphatic rings. The lowest BCUT2D eigenvalue weighted by Gasteiger charge is -2.11. The van der Waals surface area contributed by atoms with Crippen LogP contribution in [-0.4, -0.2) is 22.0 Å². The maximum absolute atomic E-state index is 12.9. The van der Waals surface area contributed by atoms with Gasteiger partial charge in [-0.25, -0.2) is 15.0 Å². The van der Waals surface area contributed by atoms with Crippen LogP contribution in [0, 0.1) is 3.70 Å². The minimum absolute atomic E-state index is 0.254. The second-order valence-electron chi connectivity index (χ2n) is 5.77. The van der Waals surface area contributed by atoms with Crippen LogP contribution in [0.5, 0.6) is 0 Å². The Hall–Kier alpha value is -2.14. The Morgan fingerprint density at radius 3 is 2.46 bits per heavy atom. The van der Waals surface area contributed by atoms with Gasteiger partial charge in [0.2, 0.25) is 0 Å². The number of halogens is 5. The van der Waals surface area contributed by atoms with Crippen LogP contribution in [0.25, 0.3) is 11.4 Å². The van der Waals surface area contributed by atoms with Crippen molar-refractivity contribution in [1.82, 2.24) is 15.0 Å². The summed E-state index contributed by atoms with van der Waals surface area (Å²) in [5.41, 5.74) is 1.68. The Kier molecular flexibility index (Phi) is 6.23. The lowest BCUT2D eigenvalue weighted by molar-refractivity contribution is -0.141. The van der Waals surface area contributed by atoms with Crippen molar-refractivity contribution in [2.45, 2.75) is 12.7 Å². The summed E-state index contributed by atoms with van der Waals surface area (Å²) < 4.78 is 38.9. The minimum Gasteiger partial charge on any atom is -0.387 e. The summed E-state index contributed by atoms with van der Waals surface area (Å²) in [7, 11) is 1.77. The van der Waals surface area contributed by atoms with E-state index in [4.69, 9.17) is 11.6 Å².